The van der Waals surface area contributed by atoms with E-state index in [1.165, 1.54) is 5.56 Å². The molecule has 0 fully saturated rings. The van der Waals surface area contributed by atoms with Gasteiger partial charge in [0.05, 0.1) is 6.54 Å². The largest absolute Gasteiger partial charge is 0.376 e. The van der Waals surface area contributed by atoms with Crippen molar-refractivity contribution in [1.29, 1.82) is 0 Å². The molecule has 0 bridgehead atoms. The monoisotopic (exact) mass is 282 g/mol. The van der Waals surface area contributed by atoms with Crippen molar-refractivity contribution < 1.29 is 4.79 Å². The fourth-order valence-electron chi connectivity index (χ4n) is 2.26. The molecule has 3 nitrogen and oxygen atoms in total. The van der Waals surface area contributed by atoms with Gasteiger partial charge in [0.15, 0.2) is 0 Å². The normalized spacial score (nSPS) is 10.5. The SMILES string of the molecule is Cc1cccc(C(C)C)c1NC(=O)CNc1ccccc1. The number of rotatable bonds is 5. The van der Waals surface area contributed by atoms with Crippen LogP contribution in [0.3, 0.4) is 0 Å². The summed E-state index contributed by atoms with van der Waals surface area (Å²) in [6.45, 7) is 6.54. The molecule has 0 unspecified atom stereocenters. The average molecular weight is 282 g/mol. The van der Waals surface area contributed by atoms with Gasteiger partial charge in [-0.15, -0.1) is 0 Å². The molecule has 2 aromatic rings. The van der Waals surface area contributed by atoms with Crippen LogP contribution in [-0.2, 0) is 4.79 Å². The van der Waals surface area contributed by atoms with Crippen LogP contribution < -0.4 is 10.6 Å². The fraction of sp³-hybridized carbons (Fsp3) is 0.278. The molecule has 0 saturated heterocycles. The van der Waals surface area contributed by atoms with E-state index in [0.29, 0.717) is 5.92 Å². The van der Waals surface area contributed by atoms with Crippen LogP contribution in [0.4, 0.5) is 11.4 Å². The van der Waals surface area contributed by atoms with Crippen molar-refractivity contribution in [2.45, 2.75) is 26.7 Å². The lowest BCUT2D eigenvalue weighted by molar-refractivity contribution is -0.114. The van der Waals surface area contributed by atoms with Gasteiger partial charge in [-0.25, -0.2) is 0 Å². The molecule has 1 amide bonds. The van der Waals surface area contributed by atoms with Gasteiger partial charge < -0.3 is 10.6 Å². The van der Waals surface area contributed by atoms with Crippen molar-refractivity contribution in [3.63, 3.8) is 0 Å². The zero-order valence-electron chi connectivity index (χ0n) is 12.8. The van der Waals surface area contributed by atoms with Crippen molar-refractivity contribution in [3.8, 4) is 0 Å². The summed E-state index contributed by atoms with van der Waals surface area (Å²) in [4.78, 5) is 12.1. The van der Waals surface area contributed by atoms with Gasteiger partial charge in [0.1, 0.15) is 0 Å². The number of hydrogen-bond acceptors (Lipinski definition) is 2. The summed E-state index contributed by atoms with van der Waals surface area (Å²) in [5.74, 6) is 0.345. The van der Waals surface area contributed by atoms with Gasteiger partial charge in [-0.1, -0.05) is 50.2 Å². The Morgan fingerprint density at radius 3 is 2.43 bits per heavy atom. The number of nitrogens with one attached hydrogen (secondary N) is 2. The van der Waals surface area contributed by atoms with Crippen molar-refractivity contribution in [2.24, 2.45) is 0 Å². The molecule has 110 valence electrons. The number of hydrogen-bond donors (Lipinski definition) is 2. The maximum absolute atomic E-state index is 12.1. The molecular weight excluding hydrogens is 260 g/mol. The van der Waals surface area contributed by atoms with Crippen molar-refractivity contribution in [1.82, 2.24) is 0 Å². The maximum Gasteiger partial charge on any atom is 0.243 e. The van der Waals surface area contributed by atoms with Gasteiger partial charge in [0, 0.05) is 11.4 Å². The predicted molar refractivity (Wildman–Crippen MR) is 88.8 cm³/mol. The first kappa shape index (κ1) is 15.1. The Kier molecular flexibility index (Phi) is 4.99. The predicted octanol–water partition coefficient (Wildman–Crippen LogP) is 4.17. The summed E-state index contributed by atoms with van der Waals surface area (Å²) in [6, 6.07) is 15.8. The summed E-state index contributed by atoms with van der Waals surface area (Å²) in [5, 5.41) is 6.15. The van der Waals surface area contributed by atoms with Crippen molar-refractivity contribution in [2.75, 3.05) is 17.2 Å². The molecule has 2 N–H and O–H groups in total. The number of anilines is 2. The molecular formula is C18H22N2O. The Labute approximate surface area is 126 Å². The lowest BCUT2D eigenvalue weighted by Crippen LogP contribution is -2.23. The van der Waals surface area contributed by atoms with E-state index in [1.54, 1.807) is 0 Å². The van der Waals surface area contributed by atoms with Crippen LogP contribution in [0.2, 0.25) is 0 Å². The van der Waals surface area contributed by atoms with E-state index < -0.39 is 0 Å². The first-order chi connectivity index (χ1) is 10.1. The molecule has 2 rings (SSSR count). The van der Waals surface area contributed by atoms with Gasteiger partial charge in [-0.05, 0) is 36.1 Å². The minimum absolute atomic E-state index is 0.0324. The molecule has 0 atom stereocenters. The molecule has 0 heterocycles. The van der Waals surface area contributed by atoms with Crippen LogP contribution in [0.15, 0.2) is 48.5 Å². The number of carbonyl (C=O) groups is 1. The molecule has 0 saturated carbocycles. The van der Waals surface area contributed by atoms with E-state index in [1.807, 2.05) is 49.4 Å². The second kappa shape index (κ2) is 6.93. The highest BCUT2D eigenvalue weighted by atomic mass is 16.1. The van der Waals surface area contributed by atoms with Crippen LogP contribution >= 0.6 is 0 Å². The molecule has 0 aliphatic carbocycles. The van der Waals surface area contributed by atoms with E-state index in [0.717, 1.165) is 16.9 Å². The third kappa shape index (κ3) is 4.09. The number of benzene rings is 2. The number of carbonyl (C=O) groups excluding carboxylic acids is 1. The first-order valence-electron chi connectivity index (χ1n) is 7.26. The Bertz CT molecular complexity index is 606. The van der Waals surface area contributed by atoms with Crippen molar-refractivity contribution in [3.05, 3.63) is 59.7 Å². The third-order valence-corrected chi connectivity index (χ3v) is 3.42. The van der Waals surface area contributed by atoms with Crippen LogP contribution in [-0.4, -0.2) is 12.5 Å². The van der Waals surface area contributed by atoms with E-state index in [9.17, 15) is 4.79 Å². The maximum atomic E-state index is 12.1. The summed E-state index contributed by atoms with van der Waals surface area (Å²) < 4.78 is 0. The minimum atomic E-state index is -0.0324. The van der Waals surface area contributed by atoms with Crippen LogP contribution in [0.5, 0.6) is 0 Å². The van der Waals surface area contributed by atoms with Crippen LogP contribution in [0.1, 0.15) is 30.9 Å². The first-order valence-corrected chi connectivity index (χ1v) is 7.26. The lowest BCUT2D eigenvalue weighted by atomic mass is 9.98. The molecule has 0 radical (unpaired) electrons. The molecule has 0 aliphatic rings. The summed E-state index contributed by atoms with van der Waals surface area (Å²) >= 11 is 0. The average Bonchev–Trinajstić information content (AvgIpc) is 2.48. The zero-order chi connectivity index (χ0) is 15.2. The number of amides is 1. The third-order valence-electron chi connectivity index (χ3n) is 3.42. The topological polar surface area (TPSA) is 41.1 Å². The van der Waals surface area contributed by atoms with E-state index in [2.05, 4.69) is 30.5 Å². The molecule has 0 aliphatic heterocycles. The number of aryl methyl sites for hydroxylation is 1. The van der Waals surface area contributed by atoms with Crippen LogP contribution in [0, 0.1) is 6.92 Å². The van der Waals surface area contributed by atoms with Gasteiger partial charge in [-0.2, -0.15) is 0 Å². The Hall–Kier alpha value is -2.29. The van der Waals surface area contributed by atoms with Gasteiger partial charge >= 0.3 is 0 Å². The zero-order valence-corrected chi connectivity index (χ0v) is 12.8. The Morgan fingerprint density at radius 2 is 1.76 bits per heavy atom. The highest BCUT2D eigenvalue weighted by Gasteiger charge is 2.11. The second-order valence-corrected chi connectivity index (χ2v) is 5.46. The van der Waals surface area contributed by atoms with Gasteiger partial charge in [-0.3, -0.25) is 4.79 Å². The van der Waals surface area contributed by atoms with E-state index >= 15 is 0 Å². The standard InChI is InChI=1S/C18H22N2O/c1-13(2)16-11-7-8-14(3)18(16)20-17(21)12-19-15-9-5-4-6-10-15/h4-11,13,19H,12H2,1-3H3,(H,20,21). The van der Waals surface area contributed by atoms with E-state index in [4.69, 9.17) is 0 Å². The fourth-order valence-corrected chi connectivity index (χ4v) is 2.26. The second-order valence-electron chi connectivity index (χ2n) is 5.46. The molecule has 21 heavy (non-hydrogen) atoms. The summed E-state index contributed by atoms with van der Waals surface area (Å²) in [6.07, 6.45) is 0. The van der Waals surface area contributed by atoms with Gasteiger partial charge in [0.25, 0.3) is 0 Å². The highest BCUT2D eigenvalue weighted by Crippen LogP contribution is 2.27. The molecule has 0 spiro atoms. The van der Waals surface area contributed by atoms with E-state index in [-0.39, 0.29) is 12.5 Å². The molecule has 0 aromatic heterocycles. The quantitative estimate of drug-likeness (QED) is 0.864. The summed E-state index contributed by atoms with van der Waals surface area (Å²) in [7, 11) is 0. The summed E-state index contributed by atoms with van der Waals surface area (Å²) in [5.41, 5.74) is 4.14. The Balaban J connectivity index is 2.03. The molecule has 3 heteroatoms. The Morgan fingerprint density at radius 1 is 1.05 bits per heavy atom. The van der Waals surface area contributed by atoms with Crippen molar-refractivity contribution >= 4 is 17.3 Å². The highest BCUT2D eigenvalue weighted by molar-refractivity contribution is 5.95. The van der Waals surface area contributed by atoms with Gasteiger partial charge in [0.2, 0.25) is 5.91 Å². The van der Waals surface area contributed by atoms with Crippen LogP contribution in [0.25, 0.3) is 0 Å². The lowest BCUT2D eigenvalue weighted by Gasteiger charge is -2.16. The molecule has 2 aromatic carbocycles. The smallest absolute Gasteiger partial charge is 0.243 e. The minimum Gasteiger partial charge on any atom is -0.376 e. The number of para-hydroxylation sites is 2.